The zero-order chi connectivity index (χ0) is 18.7. The maximum absolute atomic E-state index is 11.4. The molecular formula is C20H19BrN2O3. The number of nitrogens with one attached hydrogen (secondary N) is 1. The van der Waals surface area contributed by atoms with Gasteiger partial charge in [-0.1, -0.05) is 63.0 Å². The maximum atomic E-state index is 11.4. The Morgan fingerprint density at radius 3 is 2.42 bits per heavy atom. The fourth-order valence-corrected chi connectivity index (χ4v) is 3.20. The predicted octanol–water partition coefficient (Wildman–Crippen LogP) is 5.27. The largest absolute Gasteiger partial charge is 0.465 e. The Morgan fingerprint density at radius 1 is 1.15 bits per heavy atom. The number of halogens is 1. The minimum Gasteiger partial charge on any atom is -0.465 e. The van der Waals surface area contributed by atoms with Crippen LogP contribution < -0.4 is 5.32 Å². The number of hydrogen-bond donors (Lipinski definition) is 2. The second-order valence-corrected chi connectivity index (χ2v) is 7.13. The molecule has 0 radical (unpaired) electrons. The summed E-state index contributed by atoms with van der Waals surface area (Å²) in [4.78, 5) is 11.4. The van der Waals surface area contributed by atoms with E-state index < -0.39 is 12.1 Å². The number of carbonyl (C=O) groups is 1. The molecule has 0 spiro atoms. The number of rotatable bonds is 5. The number of nitrogens with zero attached hydrogens (tertiary/aromatic N) is 1. The molecule has 5 nitrogen and oxygen atoms in total. The van der Waals surface area contributed by atoms with Gasteiger partial charge in [-0.15, -0.1) is 0 Å². The third kappa shape index (κ3) is 4.14. The van der Waals surface area contributed by atoms with Crippen molar-refractivity contribution in [1.29, 1.82) is 0 Å². The Kier molecular flexibility index (Phi) is 5.42. The van der Waals surface area contributed by atoms with Gasteiger partial charge in [-0.2, -0.15) is 0 Å². The minimum atomic E-state index is -1.08. The van der Waals surface area contributed by atoms with Crippen LogP contribution in [0.15, 0.2) is 57.5 Å². The lowest BCUT2D eigenvalue weighted by Crippen LogP contribution is -2.29. The quantitative estimate of drug-likeness (QED) is 0.595. The van der Waals surface area contributed by atoms with Crippen molar-refractivity contribution in [3.05, 3.63) is 75.4 Å². The summed E-state index contributed by atoms with van der Waals surface area (Å²) in [5, 5.41) is 16.0. The fourth-order valence-electron chi connectivity index (χ4n) is 2.93. The molecule has 1 aromatic heterocycles. The van der Waals surface area contributed by atoms with E-state index in [2.05, 4.69) is 26.4 Å². The van der Waals surface area contributed by atoms with Gasteiger partial charge in [0.1, 0.15) is 0 Å². The number of hydrogen-bond acceptors (Lipinski definition) is 3. The van der Waals surface area contributed by atoms with Crippen molar-refractivity contribution in [2.24, 2.45) is 0 Å². The van der Waals surface area contributed by atoms with E-state index in [-0.39, 0.29) is 0 Å². The van der Waals surface area contributed by atoms with Crippen molar-refractivity contribution >= 4 is 22.0 Å². The summed E-state index contributed by atoms with van der Waals surface area (Å²) in [6, 6.07) is 15.2. The molecule has 3 rings (SSSR count). The van der Waals surface area contributed by atoms with Crippen LogP contribution in [0.5, 0.6) is 0 Å². The molecular weight excluding hydrogens is 396 g/mol. The molecule has 0 aliphatic carbocycles. The van der Waals surface area contributed by atoms with Crippen LogP contribution >= 0.6 is 15.9 Å². The first-order chi connectivity index (χ1) is 12.4. The van der Waals surface area contributed by atoms with Gasteiger partial charge in [0.15, 0.2) is 5.76 Å². The lowest BCUT2D eigenvalue weighted by atomic mass is 9.94. The van der Waals surface area contributed by atoms with Gasteiger partial charge in [0.05, 0.1) is 11.7 Å². The van der Waals surface area contributed by atoms with E-state index in [4.69, 9.17) is 4.52 Å². The van der Waals surface area contributed by atoms with Crippen LogP contribution in [-0.4, -0.2) is 16.4 Å². The first kappa shape index (κ1) is 18.2. The van der Waals surface area contributed by atoms with Crippen LogP contribution in [0.25, 0.3) is 11.3 Å². The highest BCUT2D eigenvalue weighted by molar-refractivity contribution is 9.10. The van der Waals surface area contributed by atoms with E-state index in [0.29, 0.717) is 17.9 Å². The molecule has 6 heteroatoms. The Bertz CT molecular complexity index is 902. The second-order valence-electron chi connectivity index (χ2n) is 6.21. The predicted molar refractivity (Wildman–Crippen MR) is 103 cm³/mol. The van der Waals surface area contributed by atoms with Gasteiger partial charge in [-0.05, 0) is 38.0 Å². The first-order valence-electron chi connectivity index (χ1n) is 8.21. The lowest BCUT2D eigenvalue weighted by molar-refractivity contribution is 0.190. The highest BCUT2D eigenvalue weighted by Crippen LogP contribution is 2.33. The van der Waals surface area contributed by atoms with Crippen molar-refractivity contribution in [2.45, 2.75) is 26.3 Å². The van der Waals surface area contributed by atoms with E-state index >= 15 is 0 Å². The van der Waals surface area contributed by atoms with Crippen molar-refractivity contribution in [1.82, 2.24) is 10.5 Å². The standard InChI is InChI=1S/C20H19BrN2O3/c1-12-3-5-14(6-4-12)11-17(22-20(24)25)18-13(2)23-26-19(18)15-7-9-16(21)10-8-15/h3-10,17,22H,11H2,1-2H3,(H,24,25)/t17-/m1/s1. The number of aryl methyl sites for hydroxylation is 2. The maximum Gasteiger partial charge on any atom is 0.405 e. The van der Waals surface area contributed by atoms with Crippen LogP contribution in [0.3, 0.4) is 0 Å². The molecule has 134 valence electrons. The Labute approximate surface area is 160 Å². The fraction of sp³-hybridized carbons (Fsp3) is 0.200. The summed E-state index contributed by atoms with van der Waals surface area (Å²) in [7, 11) is 0. The van der Waals surface area contributed by atoms with E-state index in [1.807, 2.05) is 62.4 Å². The first-order valence-corrected chi connectivity index (χ1v) is 9.00. The molecule has 0 bridgehead atoms. The third-order valence-corrected chi connectivity index (χ3v) is 4.75. The molecule has 1 heterocycles. The molecule has 26 heavy (non-hydrogen) atoms. The molecule has 0 unspecified atom stereocenters. The van der Waals surface area contributed by atoms with Gasteiger partial charge in [-0.25, -0.2) is 4.79 Å². The van der Waals surface area contributed by atoms with Crippen LogP contribution in [0.4, 0.5) is 4.79 Å². The van der Waals surface area contributed by atoms with Gasteiger partial charge in [-0.3, -0.25) is 0 Å². The number of benzene rings is 2. The molecule has 0 fully saturated rings. The summed E-state index contributed by atoms with van der Waals surface area (Å²) in [5.74, 6) is 0.584. The van der Waals surface area contributed by atoms with Crippen molar-refractivity contribution in [3.8, 4) is 11.3 Å². The summed E-state index contributed by atoms with van der Waals surface area (Å²) in [6.07, 6.45) is -0.567. The van der Waals surface area contributed by atoms with E-state index in [1.165, 1.54) is 0 Å². The molecule has 2 N–H and O–H groups in total. The average molecular weight is 415 g/mol. The molecule has 1 atom stereocenters. The van der Waals surface area contributed by atoms with Gasteiger partial charge in [0, 0.05) is 15.6 Å². The zero-order valence-electron chi connectivity index (χ0n) is 14.5. The molecule has 0 aliphatic heterocycles. The monoisotopic (exact) mass is 414 g/mol. The van der Waals surface area contributed by atoms with Crippen molar-refractivity contribution < 1.29 is 14.4 Å². The highest BCUT2D eigenvalue weighted by atomic mass is 79.9. The van der Waals surface area contributed by atoms with Crippen LogP contribution in [0, 0.1) is 13.8 Å². The number of carboxylic acid groups (broad SMARTS) is 1. The van der Waals surface area contributed by atoms with Crippen LogP contribution in [0.2, 0.25) is 0 Å². The van der Waals surface area contributed by atoms with Gasteiger partial charge >= 0.3 is 6.09 Å². The van der Waals surface area contributed by atoms with Crippen molar-refractivity contribution in [2.75, 3.05) is 0 Å². The summed E-state index contributed by atoms with van der Waals surface area (Å²) in [6.45, 7) is 3.85. The molecule has 0 saturated heterocycles. The van der Waals surface area contributed by atoms with E-state index in [9.17, 15) is 9.90 Å². The summed E-state index contributed by atoms with van der Waals surface area (Å²) < 4.78 is 6.50. The van der Waals surface area contributed by atoms with Gasteiger partial charge in [0.25, 0.3) is 0 Å². The highest BCUT2D eigenvalue weighted by Gasteiger charge is 2.25. The Balaban J connectivity index is 2.00. The van der Waals surface area contributed by atoms with E-state index in [0.717, 1.165) is 26.7 Å². The Hall–Kier alpha value is -2.60. The Morgan fingerprint density at radius 2 is 1.81 bits per heavy atom. The number of amides is 1. The minimum absolute atomic E-state index is 0.458. The van der Waals surface area contributed by atoms with Crippen LogP contribution in [0.1, 0.15) is 28.4 Å². The molecule has 1 amide bonds. The SMILES string of the molecule is Cc1ccc(C[C@@H](NC(=O)O)c2c(C)noc2-c2ccc(Br)cc2)cc1. The molecule has 0 saturated carbocycles. The summed E-state index contributed by atoms with van der Waals surface area (Å²) >= 11 is 3.42. The zero-order valence-corrected chi connectivity index (χ0v) is 16.1. The van der Waals surface area contributed by atoms with Gasteiger partial charge < -0.3 is 14.9 Å². The molecule has 0 aliphatic rings. The van der Waals surface area contributed by atoms with Gasteiger partial charge in [0.2, 0.25) is 0 Å². The second kappa shape index (κ2) is 7.74. The normalized spacial score (nSPS) is 12.0. The lowest BCUT2D eigenvalue weighted by Gasteiger charge is -2.18. The van der Waals surface area contributed by atoms with Crippen molar-refractivity contribution in [3.63, 3.8) is 0 Å². The topological polar surface area (TPSA) is 75.4 Å². The number of aromatic nitrogens is 1. The van der Waals surface area contributed by atoms with Crippen LogP contribution in [-0.2, 0) is 6.42 Å². The molecule has 2 aromatic carbocycles. The third-order valence-electron chi connectivity index (χ3n) is 4.22. The smallest absolute Gasteiger partial charge is 0.405 e. The molecule has 3 aromatic rings. The van der Waals surface area contributed by atoms with E-state index in [1.54, 1.807) is 0 Å². The average Bonchev–Trinajstić information content (AvgIpc) is 2.98. The summed E-state index contributed by atoms with van der Waals surface area (Å²) in [5.41, 5.74) is 4.49.